The minimum atomic E-state index is -0.554. The number of carbonyl (C=O) groups excluding carboxylic acids is 2. The van der Waals surface area contributed by atoms with Gasteiger partial charge in [0, 0.05) is 23.5 Å². The standard InChI is InChI=1S/C19H19N3O4S/c23-9-8-22(19(25)20-15-4-2-1-3-5-15)12-13-6-7-14-11-17(18(24)21-26)27-16(14)10-13/h1-7,10-11,23,26H,8-9,12H2,(H,20,25)(H,21,24). The van der Waals surface area contributed by atoms with Crippen molar-refractivity contribution in [3.8, 4) is 0 Å². The van der Waals surface area contributed by atoms with Crippen LogP contribution in [0.25, 0.3) is 10.1 Å². The van der Waals surface area contributed by atoms with Crippen LogP contribution in [0.3, 0.4) is 0 Å². The summed E-state index contributed by atoms with van der Waals surface area (Å²) < 4.78 is 0.874. The zero-order chi connectivity index (χ0) is 19.2. The van der Waals surface area contributed by atoms with Crippen molar-refractivity contribution >= 4 is 39.0 Å². The molecule has 140 valence electrons. The number of thiophene rings is 1. The minimum absolute atomic E-state index is 0.149. The van der Waals surface area contributed by atoms with Gasteiger partial charge in [0.05, 0.1) is 11.5 Å². The highest BCUT2D eigenvalue weighted by molar-refractivity contribution is 7.20. The number of aliphatic hydroxyl groups is 1. The van der Waals surface area contributed by atoms with Gasteiger partial charge in [0.15, 0.2) is 0 Å². The first-order valence-corrected chi connectivity index (χ1v) is 9.11. The van der Waals surface area contributed by atoms with Crippen molar-refractivity contribution in [2.45, 2.75) is 6.54 Å². The first-order chi connectivity index (χ1) is 13.1. The molecular formula is C19H19N3O4S. The van der Waals surface area contributed by atoms with E-state index in [1.807, 2.05) is 36.4 Å². The lowest BCUT2D eigenvalue weighted by Gasteiger charge is -2.22. The summed E-state index contributed by atoms with van der Waals surface area (Å²) in [5.41, 5.74) is 3.18. The number of benzene rings is 2. The third kappa shape index (κ3) is 4.62. The summed E-state index contributed by atoms with van der Waals surface area (Å²) in [5, 5.41) is 21.8. The Hall–Kier alpha value is -2.94. The lowest BCUT2D eigenvalue weighted by Crippen LogP contribution is -2.36. The maximum atomic E-state index is 12.5. The van der Waals surface area contributed by atoms with Crippen molar-refractivity contribution in [1.29, 1.82) is 0 Å². The SMILES string of the molecule is O=C(NO)c1cc2ccc(CN(CCO)C(=O)Nc3ccccc3)cc2s1. The highest BCUT2D eigenvalue weighted by Gasteiger charge is 2.15. The van der Waals surface area contributed by atoms with Crippen molar-refractivity contribution in [3.05, 3.63) is 65.0 Å². The average Bonchev–Trinajstić information content (AvgIpc) is 3.11. The number of nitrogens with one attached hydrogen (secondary N) is 2. The van der Waals surface area contributed by atoms with E-state index in [9.17, 15) is 14.7 Å². The molecule has 3 aromatic rings. The molecule has 0 saturated carbocycles. The fourth-order valence-electron chi connectivity index (χ4n) is 2.66. The summed E-state index contributed by atoms with van der Waals surface area (Å²) in [6, 6.07) is 16.1. The Morgan fingerprint density at radius 2 is 1.85 bits per heavy atom. The number of urea groups is 1. The molecule has 0 aliphatic rings. The van der Waals surface area contributed by atoms with E-state index in [2.05, 4.69) is 5.32 Å². The number of fused-ring (bicyclic) bond motifs is 1. The smallest absolute Gasteiger partial charge is 0.322 e. The quantitative estimate of drug-likeness (QED) is 0.387. The van der Waals surface area contributed by atoms with E-state index in [0.29, 0.717) is 17.1 Å². The number of hydrogen-bond donors (Lipinski definition) is 4. The summed E-state index contributed by atoms with van der Waals surface area (Å²) in [7, 11) is 0. The number of anilines is 1. The molecule has 0 aliphatic heterocycles. The number of nitrogens with zero attached hydrogens (tertiary/aromatic N) is 1. The van der Waals surface area contributed by atoms with Crippen LogP contribution >= 0.6 is 11.3 Å². The molecule has 3 amide bonds. The van der Waals surface area contributed by atoms with E-state index >= 15 is 0 Å². The Balaban J connectivity index is 1.77. The summed E-state index contributed by atoms with van der Waals surface area (Å²) in [6.45, 7) is 0.359. The molecule has 27 heavy (non-hydrogen) atoms. The third-order valence-corrected chi connectivity index (χ3v) is 5.06. The third-order valence-electron chi connectivity index (χ3n) is 3.97. The molecule has 1 aromatic heterocycles. The number of amides is 3. The molecule has 2 aromatic carbocycles. The second-order valence-electron chi connectivity index (χ2n) is 5.87. The zero-order valence-corrected chi connectivity index (χ0v) is 15.2. The van der Waals surface area contributed by atoms with Crippen LogP contribution in [0.15, 0.2) is 54.6 Å². The number of para-hydroxylation sites is 1. The molecule has 4 N–H and O–H groups in total. The minimum Gasteiger partial charge on any atom is -0.395 e. The van der Waals surface area contributed by atoms with Gasteiger partial charge in [0.25, 0.3) is 5.91 Å². The molecule has 8 heteroatoms. The van der Waals surface area contributed by atoms with Gasteiger partial charge in [-0.05, 0) is 35.2 Å². The largest absolute Gasteiger partial charge is 0.395 e. The van der Waals surface area contributed by atoms with E-state index < -0.39 is 5.91 Å². The molecule has 1 heterocycles. The number of hydroxylamine groups is 1. The van der Waals surface area contributed by atoms with Crippen molar-refractivity contribution in [1.82, 2.24) is 10.4 Å². The van der Waals surface area contributed by atoms with Crippen LogP contribution in [0.1, 0.15) is 15.2 Å². The lowest BCUT2D eigenvalue weighted by molar-refractivity contribution is 0.0711. The highest BCUT2D eigenvalue weighted by atomic mass is 32.1. The molecule has 0 radical (unpaired) electrons. The monoisotopic (exact) mass is 385 g/mol. The molecule has 0 atom stereocenters. The van der Waals surface area contributed by atoms with E-state index in [0.717, 1.165) is 15.6 Å². The molecule has 0 bridgehead atoms. The van der Waals surface area contributed by atoms with Crippen molar-refractivity contribution in [2.75, 3.05) is 18.5 Å². The van der Waals surface area contributed by atoms with Gasteiger partial charge in [-0.15, -0.1) is 11.3 Å². The van der Waals surface area contributed by atoms with Gasteiger partial charge in [-0.3, -0.25) is 10.0 Å². The van der Waals surface area contributed by atoms with Gasteiger partial charge >= 0.3 is 6.03 Å². The molecular weight excluding hydrogens is 366 g/mol. The van der Waals surface area contributed by atoms with Crippen LogP contribution < -0.4 is 10.8 Å². The predicted molar refractivity (Wildman–Crippen MR) is 104 cm³/mol. The number of carbonyl (C=O) groups is 2. The fraction of sp³-hybridized carbons (Fsp3) is 0.158. The highest BCUT2D eigenvalue weighted by Crippen LogP contribution is 2.27. The van der Waals surface area contributed by atoms with Crippen molar-refractivity contribution in [3.63, 3.8) is 0 Å². The van der Waals surface area contributed by atoms with Crippen LogP contribution in [0.4, 0.5) is 10.5 Å². The van der Waals surface area contributed by atoms with Gasteiger partial charge in [-0.1, -0.05) is 30.3 Å². The van der Waals surface area contributed by atoms with Crippen molar-refractivity contribution in [2.24, 2.45) is 0 Å². The van der Waals surface area contributed by atoms with Gasteiger partial charge < -0.3 is 15.3 Å². The van der Waals surface area contributed by atoms with Crippen LogP contribution in [0.2, 0.25) is 0 Å². The molecule has 3 rings (SSSR count). The van der Waals surface area contributed by atoms with Crippen molar-refractivity contribution < 1.29 is 19.9 Å². The number of rotatable bonds is 6. The Morgan fingerprint density at radius 3 is 2.56 bits per heavy atom. The Morgan fingerprint density at radius 1 is 1.07 bits per heavy atom. The second kappa shape index (κ2) is 8.63. The molecule has 0 unspecified atom stereocenters. The predicted octanol–water partition coefficient (Wildman–Crippen LogP) is 3.05. The Labute approximate surface area is 159 Å². The summed E-state index contributed by atoms with van der Waals surface area (Å²) in [5.74, 6) is -0.554. The Bertz CT molecular complexity index is 943. The topological polar surface area (TPSA) is 102 Å². The summed E-state index contributed by atoms with van der Waals surface area (Å²) >= 11 is 1.26. The normalized spacial score (nSPS) is 10.6. The maximum Gasteiger partial charge on any atom is 0.322 e. The number of aliphatic hydroxyl groups excluding tert-OH is 1. The molecule has 0 fully saturated rings. The zero-order valence-electron chi connectivity index (χ0n) is 14.4. The van der Waals surface area contributed by atoms with Gasteiger partial charge in [-0.2, -0.15) is 0 Å². The number of hydrogen-bond acceptors (Lipinski definition) is 5. The molecule has 0 saturated heterocycles. The Kier molecular flexibility index (Phi) is 6.02. The molecule has 0 aliphatic carbocycles. The van der Waals surface area contributed by atoms with Gasteiger partial charge in [0.1, 0.15) is 0 Å². The van der Waals surface area contributed by atoms with Crippen LogP contribution in [-0.4, -0.2) is 40.3 Å². The van der Waals surface area contributed by atoms with Gasteiger partial charge in [0.2, 0.25) is 0 Å². The maximum absolute atomic E-state index is 12.5. The second-order valence-corrected chi connectivity index (χ2v) is 6.95. The first-order valence-electron chi connectivity index (χ1n) is 8.29. The van der Waals surface area contributed by atoms with E-state index in [-0.39, 0.29) is 19.2 Å². The molecule has 0 spiro atoms. The van der Waals surface area contributed by atoms with E-state index in [1.54, 1.807) is 23.7 Å². The van der Waals surface area contributed by atoms with E-state index in [4.69, 9.17) is 5.21 Å². The first kappa shape index (κ1) is 18.8. The van der Waals surface area contributed by atoms with E-state index in [1.165, 1.54) is 16.2 Å². The average molecular weight is 385 g/mol. The van der Waals surface area contributed by atoms with Crippen LogP contribution in [0, 0.1) is 0 Å². The lowest BCUT2D eigenvalue weighted by atomic mass is 10.1. The fourth-order valence-corrected chi connectivity index (χ4v) is 3.67. The van der Waals surface area contributed by atoms with Crippen LogP contribution in [0.5, 0.6) is 0 Å². The van der Waals surface area contributed by atoms with Crippen LogP contribution in [-0.2, 0) is 6.54 Å². The molecule has 7 nitrogen and oxygen atoms in total. The summed E-state index contributed by atoms with van der Waals surface area (Å²) in [6.07, 6.45) is 0. The summed E-state index contributed by atoms with van der Waals surface area (Å²) in [4.78, 5) is 26.0. The van der Waals surface area contributed by atoms with Gasteiger partial charge in [-0.25, -0.2) is 10.3 Å².